The zero-order valence-electron chi connectivity index (χ0n) is 12.1. The summed E-state index contributed by atoms with van der Waals surface area (Å²) in [6, 6.07) is 10.7. The maximum atomic E-state index is 5.63. The van der Waals surface area contributed by atoms with Gasteiger partial charge in [-0.15, -0.1) is 12.1 Å². The van der Waals surface area contributed by atoms with Gasteiger partial charge in [0, 0.05) is 5.75 Å². The van der Waals surface area contributed by atoms with Gasteiger partial charge in [0.25, 0.3) is 0 Å². The van der Waals surface area contributed by atoms with Gasteiger partial charge >= 0.3 is 18.9 Å². The van der Waals surface area contributed by atoms with Gasteiger partial charge in [-0.25, -0.2) is 0 Å². The van der Waals surface area contributed by atoms with E-state index in [9.17, 15) is 0 Å². The van der Waals surface area contributed by atoms with Gasteiger partial charge in [-0.2, -0.15) is 18.2 Å². The van der Waals surface area contributed by atoms with E-state index in [2.05, 4.69) is 13.0 Å². The van der Waals surface area contributed by atoms with E-state index in [0.29, 0.717) is 0 Å². The average molecular weight is 240 g/mol. The summed E-state index contributed by atoms with van der Waals surface area (Å²) >= 11 is 0. The molecule has 1 nitrogen and oxygen atoms in total. The minimum absolute atomic E-state index is 0. The van der Waals surface area contributed by atoms with Crippen molar-refractivity contribution in [2.24, 2.45) is 0 Å². The molecule has 0 aliphatic carbocycles. The zero-order valence-corrected chi connectivity index (χ0v) is 12.1. The molecule has 1 aromatic carbocycles. The Morgan fingerprint density at radius 2 is 1.44 bits per heavy atom. The summed E-state index contributed by atoms with van der Waals surface area (Å²) in [5.74, 6) is 0.965. The normalized spacial score (nSPS) is 9.83. The molecule has 0 radical (unpaired) electrons. The van der Waals surface area contributed by atoms with Crippen molar-refractivity contribution in [1.29, 1.82) is 0 Å². The van der Waals surface area contributed by atoms with E-state index in [-0.39, 0.29) is 18.9 Å². The molecule has 1 rings (SSSR count). The van der Waals surface area contributed by atoms with Crippen molar-refractivity contribution in [2.45, 2.75) is 58.3 Å². The molecule has 0 spiro atoms. The van der Waals surface area contributed by atoms with Crippen LogP contribution in [0.25, 0.3) is 0 Å². The maximum Gasteiger partial charge on any atom is 1.00 e. The molecular weight excluding hydrogens is 215 g/mol. The molecular formula is C16H25LiO. The third-order valence-corrected chi connectivity index (χ3v) is 2.95. The minimum atomic E-state index is 0. The quantitative estimate of drug-likeness (QED) is 0.345. The van der Waals surface area contributed by atoms with Crippen LogP contribution in [0.4, 0.5) is 0 Å². The molecule has 0 aliphatic heterocycles. The molecule has 0 aromatic heterocycles. The molecule has 1 aromatic rings. The summed E-state index contributed by atoms with van der Waals surface area (Å²) in [4.78, 5) is 0. The van der Waals surface area contributed by atoms with Crippen molar-refractivity contribution in [1.82, 2.24) is 0 Å². The summed E-state index contributed by atoms with van der Waals surface area (Å²) in [6.45, 7) is 3.11. The minimum Gasteiger partial charge on any atom is -0.519 e. The smallest absolute Gasteiger partial charge is 0.519 e. The van der Waals surface area contributed by atoms with Crippen molar-refractivity contribution in [3.63, 3.8) is 0 Å². The number of ether oxygens (including phenoxy) is 1. The Morgan fingerprint density at radius 3 is 2.06 bits per heavy atom. The first-order valence-electron chi connectivity index (χ1n) is 7.02. The summed E-state index contributed by atoms with van der Waals surface area (Å²) in [5.41, 5.74) is 0. The van der Waals surface area contributed by atoms with Crippen molar-refractivity contribution in [2.75, 3.05) is 6.61 Å². The molecule has 2 heteroatoms. The van der Waals surface area contributed by atoms with Gasteiger partial charge < -0.3 is 4.74 Å². The monoisotopic (exact) mass is 240 g/mol. The van der Waals surface area contributed by atoms with Crippen LogP contribution in [-0.4, -0.2) is 6.61 Å². The zero-order chi connectivity index (χ0) is 12.2. The van der Waals surface area contributed by atoms with Gasteiger partial charge in [-0.05, 0) is 6.42 Å². The number of hydrogen-bond acceptors (Lipinski definition) is 1. The van der Waals surface area contributed by atoms with Crippen molar-refractivity contribution < 1.29 is 23.6 Å². The predicted molar refractivity (Wildman–Crippen MR) is 73.4 cm³/mol. The molecule has 0 amide bonds. The van der Waals surface area contributed by atoms with Gasteiger partial charge in [-0.1, -0.05) is 51.9 Å². The van der Waals surface area contributed by atoms with E-state index in [0.717, 1.165) is 12.4 Å². The molecule has 0 aliphatic rings. The standard InChI is InChI=1S/C16H25O.Li/c1-2-3-4-5-6-7-8-12-15-17-16-13-10-9-11-14-16;/h10-11,13-14H,2-8,12,15H2,1H3;/q-1;+1. The van der Waals surface area contributed by atoms with E-state index in [4.69, 9.17) is 4.74 Å². The Labute approximate surface area is 124 Å². The van der Waals surface area contributed by atoms with Crippen LogP contribution < -0.4 is 23.6 Å². The van der Waals surface area contributed by atoms with Crippen LogP contribution in [0.5, 0.6) is 5.75 Å². The molecule has 0 heterocycles. The number of hydrogen-bond donors (Lipinski definition) is 0. The van der Waals surface area contributed by atoms with Gasteiger partial charge in [0.15, 0.2) is 0 Å². The molecule has 0 atom stereocenters. The number of unbranched alkanes of at least 4 members (excludes halogenated alkanes) is 7. The molecule has 0 saturated heterocycles. The maximum absolute atomic E-state index is 5.63. The summed E-state index contributed by atoms with van der Waals surface area (Å²) < 4.78 is 5.63. The SMILES string of the molecule is CCCCCCCCCCOc1cc[c-]cc1.[Li+]. The van der Waals surface area contributed by atoms with Crippen LogP contribution in [-0.2, 0) is 0 Å². The van der Waals surface area contributed by atoms with Gasteiger partial charge in [0.05, 0.1) is 6.61 Å². The summed E-state index contributed by atoms with van der Waals surface area (Å²) in [5, 5.41) is 0. The van der Waals surface area contributed by atoms with E-state index in [1.807, 2.05) is 24.3 Å². The van der Waals surface area contributed by atoms with Crippen molar-refractivity contribution in [3.05, 3.63) is 30.3 Å². The average Bonchev–Trinajstić information content (AvgIpc) is 2.38. The summed E-state index contributed by atoms with van der Waals surface area (Å²) in [6.07, 6.45) is 10.8. The Balaban J connectivity index is 0.00000289. The van der Waals surface area contributed by atoms with Gasteiger partial charge in [-0.3, -0.25) is 0 Å². The van der Waals surface area contributed by atoms with E-state index in [1.165, 1.54) is 51.4 Å². The topological polar surface area (TPSA) is 9.23 Å². The fourth-order valence-electron chi connectivity index (χ4n) is 1.89. The van der Waals surface area contributed by atoms with Crippen LogP contribution in [0, 0.1) is 6.07 Å². The van der Waals surface area contributed by atoms with Crippen LogP contribution in [0.15, 0.2) is 24.3 Å². The Bertz CT molecular complexity index is 261. The van der Waals surface area contributed by atoms with Crippen molar-refractivity contribution in [3.8, 4) is 5.75 Å². The number of benzene rings is 1. The third-order valence-electron chi connectivity index (χ3n) is 2.95. The van der Waals surface area contributed by atoms with Gasteiger partial charge in [0.1, 0.15) is 0 Å². The molecule has 0 saturated carbocycles. The first-order valence-corrected chi connectivity index (χ1v) is 7.02. The van der Waals surface area contributed by atoms with Gasteiger partial charge in [0.2, 0.25) is 0 Å². The Morgan fingerprint density at radius 1 is 0.889 bits per heavy atom. The third kappa shape index (κ3) is 9.63. The Hall–Kier alpha value is -0.383. The largest absolute Gasteiger partial charge is 1.00 e. The molecule has 18 heavy (non-hydrogen) atoms. The van der Waals surface area contributed by atoms with Crippen LogP contribution >= 0.6 is 0 Å². The molecule has 0 N–H and O–H groups in total. The van der Waals surface area contributed by atoms with Crippen LogP contribution in [0.1, 0.15) is 58.3 Å². The first-order chi connectivity index (χ1) is 8.43. The predicted octanol–water partition coefficient (Wildman–Crippen LogP) is 2.01. The van der Waals surface area contributed by atoms with Crippen molar-refractivity contribution >= 4 is 0 Å². The van der Waals surface area contributed by atoms with E-state index >= 15 is 0 Å². The van der Waals surface area contributed by atoms with E-state index < -0.39 is 0 Å². The second-order valence-corrected chi connectivity index (χ2v) is 4.56. The molecule has 0 unspecified atom stereocenters. The van der Waals surface area contributed by atoms with Crippen LogP contribution in [0.3, 0.4) is 0 Å². The Kier molecular flexibility index (Phi) is 12.8. The molecule has 0 bridgehead atoms. The van der Waals surface area contributed by atoms with Crippen LogP contribution in [0.2, 0.25) is 0 Å². The number of rotatable bonds is 10. The fraction of sp³-hybridized carbons (Fsp3) is 0.625. The molecule has 96 valence electrons. The summed E-state index contributed by atoms with van der Waals surface area (Å²) in [7, 11) is 0. The first kappa shape index (κ1) is 17.6. The second kappa shape index (κ2) is 13.1. The fourth-order valence-corrected chi connectivity index (χ4v) is 1.89. The van der Waals surface area contributed by atoms with E-state index in [1.54, 1.807) is 0 Å². The second-order valence-electron chi connectivity index (χ2n) is 4.56. The molecule has 0 fully saturated rings.